The lowest BCUT2D eigenvalue weighted by molar-refractivity contribution is -0.140. The van der Waals surface area contributed by atoms with Crippen molar-refractivity contribution in [1.29, 1.82) is 0 Å². The molecule has 0 aliphatic heterocycles. The molecule has 0 unspecified atom stereocenters. The number of ether oxygens (including phenoxy) is 1. The molecule has 2 aromatic rings. The molecule has 0 heterocycles. The molecule has 9 heteroatoms. The average Bonchev–Trinajstić information content (AvgIpc) is 2.83. The predicted molar refractivity (Wildman–Crippen MR) is 144 cm³/mol. The highest BCUT2D eigenvalue weighted by molar-refractivity contribution is 7.92. The van der Waals surface area contributed by atoms with Crippen LogP contribution in [0, 0.1) is 6.92 Å². The molecular formula is C27H39N3O5S. The zero-order valence-electron chi connectivity index (χ0n) is 22.2. The largest absolute Gasteiger partial charge is 0.497 e. The summed E-state index contributed by atoms with van der Waals surface area (Å²) in [5.41, 5.74) is 2.35. The van der Waals surface area contributed by atoms with Crippen LogP contribution in [0.5, 0.6) is 5.75 Å². The molecule has 0 saturated carbocycles. The zero-order chi connectivity index (χ0) is 26.9. The lowest BCUT2D eigenvalue weighted by Gasteiger charge is -2.30. The fraction of sp³-hybridized carbons (Fsp3) is 0.481. The van der Waals surface area contributed by atoms with Gasteiger partial charge in [0.25, 0.3) is 0 Å². The number of methoxy groups -OCH3 is 1. The van der Waals surface area contributed by atoms with E-state index < -0.39 is 16.1 Å². The number of carbonyl (C=O) groups is 2. The Kier molecular flexibility index (Phi) is 10.8. The van der Waals surface area contributed by atoms with Gasteiger partial charge in [-0.3, -0.25) is 13.9 Å². The first-order chi connectivity index (χ1) is 17.0. The van der Waals surface area contributed by atoms with E-state index in [1.807, 2.05) is 51.1 Å². The van der Waals surface area contributed by atoms with Crippen molar-refractivity contribution in [3.05, 3.63) is 59.7 Å². The molecule has 2 amide bonds. The maximum atomic E-state index is 13.4. The Balaban J connectivity index is 2.19. The molecular weight excluding hydrogens is 478 g/mol. The lowest BCUT2D eigenvalue weighted by Crippen LogP contribution is -2.49. The van der Waals surface area contributed by atoms with Crippen LogP contribution in [0.25, 0.3) is 0 Å². The van der Waals surface area contributed by atoms with E-state index in [1.54, 1.807) is 37.1 Å². The van der Waals surface area contributed by atoms with Gasteiger partial charge in [-0.25, -0.2) is 8.42 Å². The summed E-state index contributed by atoms with van der Waals surface area (Å²) in [6.45, 7) is 7.91. The molecule has 0 fully saturated rings. The second-order valence-electron chi connectivity index (χ2n) is 9.14. The number of sulfonamides is 1. The van der Waals surface area contributed by atoms with Crippen LogP contribution in [0.1, 0.15) is 51.2 Å². The lowest BCUT2D eigenvalue weighted by atomic mass is 10.1. The van der Waals surface area contributed by atoms with Gasteiger partial charge >= 0.3 is 0 Å². The second-order valence-corrected chi connectivity index (χ2v) is 11.1. The van der Waals surface area contributed by atoms with Gasteiger partial charge in [0.15, 0.2) is 0 Å². The van der Waals surface area contributed by atoms with Crippen molar-refractivity contribution in [2.45, 2.75) is 65.6 Å². The Morgan fingerprint density at radius 2 is 1.78 bits per heavy atom. The summed E-state index contributed by atoms with van der Waals surface area (Å²) in [6.07, 6.45) is 2.35. The molecule has 0 aromatic heterocycles. The van der Waals surface area contributed by atoms with E-state index in [4.69, 9.17) is 4.74 Å². The van der Waals surface area contributed by atoms with E-state index in [2.05, 4.69) is 5.32 Å². The quantitative estimate of drug-likeness (QED) is 0.435. The minimum absolute atomic E-state index is 0.00799. The third-order valence-corrected chi connectivity index (χ3v) is 7.29. The molecule has 198 valence electrons. The van der Waals surface area contributed by atoms with Gasteiger partial charge in [0, 0.05) is 25.6 Å². The Hall–Kier alpha value is -3.07. The molecule has 0 radical (unpaired) electrons. The van der Waals surface area contributed by atoms with Gasteiger partial charge in [0.1, 0.15) is 11.8 Å². The number of anilines is 1. The van der Waals surface area contributed by atoms with Crippen LogP contribution >= 0.6 is 0 Å². The number of nitrogens with zero attached hydrogens (tertiary/aromatic N) is 2. The number of rotatable bonds is 13. The van der Waals surface area contributed by atoms with Gasteiger partial charge < -0.3 is 15.0 Å². The van der Waals surface area contributed by atoms with E-state index in [0.717, 1.165) is 23.8 Å². The number of hydrogen-bond donors (Lipinski definition) is 1. The topological polar surface area (TPSA) is 96.0 Å². The van der Waals surface area contributed by atoms with Crippen LogP contribution in [0.2, 0.25) is 0 Å². The average molecular weight is 518 g/mol. The van der Waals surface area contributed by atoms with E-state index >= 15 is 0 Å². The fourth-order valence-corrected chi connectivity index (χ4v) is 4.76. The van der Waals surface area contributed by atoms with Crippen molar-refractivity contribution in [1.82, 2.24) is 10.2 Å². The van der Waals surface area contributed by atoms with Gasteiger partial charge in [-0.15, -0.1) is 0 Å². The van der Waals surface area contributed by atoms with Crippen LogP contribution in [-0.2, 0) is 26.2 Å². The van der Waals surface area contributed by atoms with E-state index in [1.165, 1.54) is 4.31 Å². The first-order valence-corrected chi connectivity index (χ1v) is 14.1. The number of benzene rings is 2. The molecule has 2 atom stereocenters. The smallest absolute Gasteiger partial charge is 0.242 e. The monoisotopic (exact) mass is 517 g/mol. The first-order valence-electron chi connectivity index (χ1n) is 12.2. The number of amides is 2. The van der Waals surface area contributed by atoms with Crippen molar-refractivity contribution in [2.75, 3.05) is 24.2 Å². The SMILES string of the molecule is CC[C@@H](C)NC(=O)[C@H](C)N(Cc1cccc(OC)c1)C(=O)CCCN(c1cccc(C)c1)S(C)(=O)=O. The van der Waals surface area contributed by atoms with Gasteiger partial charge in [-0.2, -0.15) is 0 Å². The minimum atomic E-state index is -3.52. The predicted octanol–water partition coefficient (Wildman–Crippen LogP) is 3.88. The molecule has 0 spiro atoms. The van der Waals surface area contributed by atoms with Gasteiger partial charge in [0.2, 0.25) is 21.8 Å². The van der Waals surface area contributed by atoms with Gasteiger partial charge in [0.05, 0.1) is 19.1 Å². The molecule has 0 aliphatic carbocycles. The van der Waals surface area contributed by atoms with Crippen molar-refractivity contribution in [3.8, 4) is 5.75 Å². The number of hydrogen-bond acceptors (Lipinski definition) is 5. The second kappa shape index (κ2) is 13.3. The molecule has 8 nitrogen and oxygen atoms in total. The summed E-state index contributed by atoms with van der Waals surface area (Å²) in [5.74, 6) is 0.221. The van der Waals surface area contributed by atoms with Crippen molar-refractivity contribution in [3.63, 3.8) is 0 Å². The Bertz CT molecular complexity index is 1140. The van der Waals surface area contributed by atoms with Crippen LogP contribution in [0.3, 0.4) is 0 Å². The maximum Gasteiger partial charge on any atom is 0.242 e. The Labute approximate surface area is 215 Å². The van der Waals surface area contributed by atoms with Crippen LogP contribution in [-0.4, -0.2) is 57.1 Å². The third-order valence-electron chi connectivity index (χ3n) is 6.10. The molecule has 0 bridgehead atoms. The van der Waals surface area contributed by atoms with Crippen LogP contribution in [0.4, 0.5) is 5.69 Å². The summed E-state index contributed by atoms with van der Waals surface area (Å²) in [6, 6.07) is 13.9. The summed E-state index contributed by atoms with van der Waals surface area (Å²) in [4.78, 5) is 27.8. The van der Waals surface area contributed by atoms with Crippen LogP contribution < -0.4 is 14.4 Å². The summed E-state index contributed by atoms with van der Waals surface area (Å²) in [7, 11) is -1.95. The number of nitrogens with one attached hydrogen (secondary N) is 1. The van der Waals surface area contributed by atoms with E-state index in [-0.39, 0.29) is 37.4 Å². The van der Waals surface area contributed by atoms with Crippen molar-refractivity contribution < 1.29 is 22.7 Å². The molecule has 0 saturated heterocycles. The first kappa shape index (κ1) is 29.2. The highest BCUT2D eigenvalue weighted by Crippen LogP contribution is 2.21. The third kappa shape index (κ3) is 8.55. The normalized spacial score (nSPS) is 12.9. The summed E-state index contributed by atoms with van der Waals surface area (Å²) in [5, 5.41) is 2.95. The summed E-state index contributed by atoms with van der Waals surface area (Å²) < 4.78 is 31.5. The van der Waals surface area contributed by atoms with Crippen molar-refractivity contribution in [2.24, 2.45) is 0 Å². The molecule has 0 aliphatic rings. The van der Waals surface area contributed by atoms with E-state index in [9.17, 15) is 18.0 Å². The van der Waals surface area contributed by atoms with Crippen LogP contribution in [0.15, 0.2) is 48.5 Å². The standard InChI is InChI=1S/C27H39N3O5S/c1-7-21(3)28-27(32)22(4)29(19-23-12-9-14-25(18-23)35-5)26(31)15-10-16-30(36(6,33)34)24-13-8-11-20(2)17-24/h8-9,11-14,17-18,21-22H,7,10,15-16,19H2,1-6H3,(H,28,32)/t21-,22+/m1/s1. The molecule has 36 heavy (non-hydrogen) atoms. The zero-order valence-corrected chi connectivity index (χ0v) is 23.0. The number of aryl methyl sites for hydroxylation is 1. The Morgan fingerprint density at radius 1 is 1.08 bits per heavy atom. The Morgan fingerprint density at radius 3 is 2.39 bits per heavy atom. The highest BCUT2D eigenvalue weighted by atomic mass is 32.2. The fourth-order valence-electron chi connectivity index (χ4n) is 3.80. The number of carbonyl (C=O) groups excluding carboxylic acids is 2. The van der Waals surface area contributed by atoms with Gasteiger partial charge in [-0.1, -0.05) is 31.2 Å². The summed E-state index contributed by atoms with van der Waals surface area (Å²) >= 11 is 0. The minimum Gasteiger partial charge on any atom is -0.497 e. The molecule has 2 aromatic carbocycles. The highest BCUT2D eigenvalue weighted by Gasteiger charge is 2.27. The molecule has 1 N–H and O–H groups in total. The van der Waals surface area contributed by atoms with Crippen molar-refractivity contribution >= 4 is 27.5 Å². The van der Waals surface area contributed by atoms with E-state index in [0.29, 0.717) is 17.9 Å². The molecule has 2 rings (SSSR count). The maximum absolute atomic E-state index is 13.4. The van der Waals surface area contributed by atoms with Gasteiger partial charge in [-0.05, 0) is 69.0 Å².